The number of hydrogen-bond donors (Lipinski definition) is 1. The smallest absolute Gasteiger partial charge is 0.407 e. The van der Waals surface area contributed by atoms with Gasteiger partial charge in [0.1, 0.15) is 5.60 Å². The molecule has 0 aromatic heterocycles. The Balaban J connectivity index is 3.61. The Morgan fingerprint density at radius 1 is 1.42 bits per heavy atom. The van der Waals surface area contributed by atoms with Gasteiger partial charge in [-0.05, 0) is 26.7 Å². The van der Waals surface area contributed by atoms with Gasteiger partial charge in [-0.1, -0.05) is 13.8 Å². The second-order valence-corrected chi connectivity index (χ2v) is 4.06. The fraction of sp³-hybridized carbons (Fsp3) is 0.778. The van der Waals surface area contributed by atoms with Crippen molar-refractivity contribution >= 4 is 6.09 Å². The van der Waals surface area contributed by atoms with Gasteiger partial charge in [0.15, 0.2) is 0 Å². The zero-order valence-electron chi connectivity index (χ0n) is 8.47. The Morgan fingerprint density at radius 3 is 2.25 bits per heavy atom. The number of amides is 1. The number of ether oxygens (including phenoxy) is 1. The molecule has 0 atom stereocenters. The minimum Gasteiger partial charge on any atom is -0.444 e. The van der Waals surface area contributed by atoms with Crippen molar-refractivity contribution in [3.63, 3.8) is 0 Å². The highest BCUT2D eigenvalue weighted by Crippen LogP contribution is 2.06. The maximum Gasteiger partial charge on any atom is 0.407 e. The summed E-state index contributed by atoms with van der Waals surface area (Å²) < 4.78 is 5.01. The third kappa shape index (κ3) is 7.38. The van der Waals surface area contributed by atoms with Gasteiger partial charge < -0.3 is 10.1 Å². The van der Waals surface area contributed by atoms with Crippen molar-refractivity contribution in [2.45, 2.75) is 40.2 Å². The summed E-state index contributed by atoms with van der Waals surface area (Å²) in [5.74, 6) is 0.331. The first-order valence-electron chi connectivity index (χ1n) is 4.14. The van der Waals surface area contributed by atoms with E-state index in [-0.39, 0.29) is 0 Å². The molecule has 0 aliphatic rings. The molecule has 0 saturated heterocycles. The summed E-state index contributed by atoms with van der Waals surface area (Å²) in [6.45, 7) is 11.2. The highest BCUT2D eigenvalue weighted by molar-refractivity contribution is 5.68. The van der Waals surface area contributed by atoms with Crippen LogP contribution in [-0.2, 0) is 4.74 Å². The van der Waals surface area contributed by atoms with E-state index in [1.807, 2.05) is 34.6 Å². The molecule has 1 radical (unpaired) electrons. The fourth-order valence-corrected chi connectivity index (χ4v) is 0.542. The van der Waals surface area contributed by atoms with Gasteiger partial charge in [-0.15, -0.1) is 0 Å². The van der Waals surface area contributed by atoms with E-state index >= 15 is 0 Å². The van der Waals surface area contributed by atoms with Crippen molar-refractivity contribution in [3.05, 3.63) is 6.54 Å². The van der Waals surface area contributed by atoms with Crippen molar-refractivity contribution in [2.75, 3.05) is 0 Å². The van der Waals surface area contributed by atoms with E-state index in [2.05, 4.69) is 5.32 Å². The van der Waals surface area contributed by atoms with Crippen molar-refractivity contribution in [2.24, 2.45) is 5.92 Å². The van der Waals surface area contributed by atoms with Crippen LogP contribution in [0.15, 0.2) is 0 Å². The summed E-state index contributed by atoms with van der Waals surface area (Å²) in [4.78, 5) is 11.0. The molecule has 0 fully saturated rings. The molecule has 0 bridgehead atoms. The number of hydrogen-bond acceptors (Lipinski definition) is 2. The van der Waals surface area contributed by atoms with E-state index < -0.39 is 11.7 Å². The third-order valence-electron chi connectivity index (χ3n) is 0.933. The molecule has 1 N–H and O–H groups in total. The molecule has 3 nitrogen and oxygen atoms in total. The number of carbonyl (C=O) groups excluding carboxylic acids is 1. The molecule has 0 aliphatic heterocycles. The largest absolute Gasteiger partial charge is 0.444 e. The minimum absolute atomic E-state index is 0.331. The van der Waals surface area contributed by atoms with Crippen LogP contribution in [0.1, 0.15) is 34.6 Å². The van der Waals surface area contributed by atoms with Crippen molar-refractivity contribution in [1.82, 2.24) is 5.32 Å². The number of carbonyl (C=O) groups is 1. The summed E-state index contributed by atoms with van der Waals surface area (Å²) in [5, 5.41) is 2.55. The van der Waals surface area contributed by atoms with E-state index in [1.165, 1.54) is 0 Å². The Morgan fingerprint density at radius 2 is 1.92 bits per heavy atom. The molecule has 12 heavy (non-hydrogen) atoms. The normalized spacial score (nSPS) is 11.5. The molecule has 0 saturated carbocycles. The number of alkyl carbamates (subject to hydrolysis) is 1. The Hall–Kier alpha value is -0.730. The van der Waals surface area contributed by atoms with Gasteiger partial charge in [-0.2, -0.15) is 0 Å². The zero-order valence-corrected chi connectivity index (χ0v) is 8.47. The van der Waals surface area contributed by atoms with E-state index in [4.69, 9.17) is 4.74 Å². The molecule has 0 heterocycles. The van der Waals surface area contributed by atoms with E-state index in [1.54, 1.807) is 6.54 Å². The highest BCUT2D eigenvalue weighted by Gasteiger charge is 2.15. The first-order valence-corrected chi connectivity index (χ1v) is 4.14. The van der Waals surface area contributed by atoms with E-state index in [9.17, 15) is 4.79 Å². The first-order chi connectivity index (χ1) is 5.31. The van der Waals surface area contributed by atoms with Crippen LogP contribution in [-0.4, -0.2) is 11.7 Å². The van der Waals surface area contributed by atoms with Gasteiger partial charge in [0.25, 0.3) is 0 Å². The van der Waals surface area contributed by atoms with Crippen molar-refractivity contribution in [1.29, 1.82) is 0 Å². The number of nitrogens with one attached hydrogen (secondary N) is 1. The average Bonchev–Trinajstić information content (AvgIpc) is 1.79. The summed E-state index contributed by atoms with van der Waals surface area (Å²) in [5.41, 5.74) is -0.422. The lowest BCUT2D eigenvalue weighted by atomic mass is 10.2. The monoisotopic (exact) mass is 172 g/mol. The molecule has 0 aliphatic carbocycles. The molecule has 3 heteroatoms. The van der Waals surface area contributed by atoms with Gasteiger partial charge in [-0.3, -0.25) is 0 Å². The van der Waals surface area contributed by atoms with Crippen LogP contribution in [0.25, 0.3) is 0 Å². The lowest BCUT2D eigenvalue weighted by Crippen LogP contribution is -2.31. The van der Waals surface area contributed by atoms with Gasteiger partial charge >= 0.3 is 6.09 Å². The van der Waals surface area contributed by atoms with Crippen LogP contribution in [0, 0.1) is 12.5 Å². The van der Waals surface area contributed by atoms with Crippen LogP contribution in [0.2, 0.25) is 0 Å². The number of rotatable bonds is 2. The van der Waals surface area contributed by atoms with Crippen LogP contribution < -0.4 is 5.32 Å². The van der Waals surface area contributed by atoms with Gasteiger partial charge in [0.05, 0.1) is 6.54 Å². The second kappa shape index (κ2) is 4.33. The van der Waals surface area contributed by atoms with Gasteiger partial charge in [0.2, 0.25) is 0 Å². The topological polar surface area (TPSA) is 38.3 Å². The quantitative estimate of drug-likeness (QED) is 0.694. The summed E-state index contributed by atoms with van der Waals surface area (Å²) in [6, 6.07) is 0. The van der Waals surface area contributed by atoms with E-state index in [0.717, 1.165) is 0 Å². The SMILES string of the molecule is CC(C)[CH]NC(=O)OC(C)(C)C. The van der Waals surface area contributed by atoms with Crippen molar-refractivity contribution in [3.8, 4) is 0 Å². The molecule has 0 unspecified atom stereocenters. The fourth-order valence-electron chi connectivity index (χ4n) is 0.542. The summed E-state index contributed by atoms with van der Waals surface area (Å²) in [6.07, 6.45) is -0.392. The van der Waals surface area contributed by atoms with Crippen LogP contribution >= 0.6 is 0 Å². The lowest BCUT2D eigenvalue weighted by Gasteiger charge is -2.19. The molecular formula is C9H18NO2. The molecular weight excluding hydrogens is 154 g/mol. The first kappa shape index (κ1) is 11.3. The molecule has 0 rings (SSSR count). The minimum atomic E-state index is -0.422. The van der Waals surface area contributed by atoms with Crippen LogP contribution in [0.3, 0.4) is 0 Å². The van der Waals surface area contributed by atoms with Gasteiger partial charge in [-0.25, -0.2) is 4.79 Å². The molecule has 0 spiro atoms. The standard InChI is InChI=1S/C9H18NO2/c1-7(2)6-10-8(11)12-9(3,4)5/h6-7H,1-5H3,(H,10,11). The summed E-state index contributed by atoms with van der Waals surface area (Å²) >= 11 is 0. The zero-order chi connectivity index (χ0) is 9.78. The maximum atomic E-state index is 11.0. The Labute approximate surface area is 74.5 Å². The molecule has 0 aromatic carbocycles. The lowest BCUT2D eigenvalue weighted by molar-refractivity contribution is 0.0538. The average molecular weight is 172 g/mol. The predicted octanol–water partition coefficient (Wildman–Crippen LogP) is 2.33. The van der Waals surface area contributed by atoms with E-state index in [0.29, 0.717) is 5.92 Å². The molecule has 71 valence electrons. The Kier molecular flexibility index (Phi) is 4.07. The summed E-state index contributed by atoms with van der Waals surface area (Å²) in [7, 11) is 0. The predicted molar refractivity (Wildman–Crippen MR) is 48.5 cm³/mol. The van der Waals surface area contributed by atoms with Crippen LogP contribution in [0.4, 0.5) is 4.79 Å². The van der Waals surface area contributed by atoms with Crippen molar-refractivity contribution < 1.29 is 9.53 Å². The molecule has 0 aromatic rings. The Bertz CT molecular complexity index is 147. The highest BCUT2D eigenvalue weighted by atomic mass is 16.6. The molecule has 1 amide bonds. The third-order valence-corrected chi connectivity index (χ3v) is 0.933. The van der Waals surface area contributed by atoms with Gasteiger partial charge in [0, 0.05) is 0 Å². The second-order valence-electron chi connectivity index (χ2n) is 4.06. The van der Waals surface area contributed by atoms with Crippen LogP contribution in [0.5, 0.6) is 0 Å². The maximum absolute atomic E-state index is 11.0.